The van der Waals surface area contributed by atoms with Crippen molar-refractivity contribution >= 4 is 12.4 Å². The van der Waals surface area contributed by atoms with E-state index in [0.717, 1.165) is 5.56 Å². The maximum atomic E-state index is 8.75. The van der Waals surface area contributed by atoms with Gasteiger partial charge in [-0.15, -0.1) is 12.4 Å². The molecule has 0 atom stereocenters. The molecule has 4 heteroatoms. The minimum absolute atomic E-state index is 0. The van der Waals surface area contributed by atoms with E-state index in [1.54, 1.807) is 6.07 Å². The van der Waals surface area contributed by atoms with Crippen molar-refractivity contribution in [1.82, 2.24) is 0 Å². The monoisotopic (exact) mass is 212 g/mol. The van der Waals surface area contributed by atoms with Crippen molar-refractivity contribution in [3.8, 4) is 11.8 Å². The number of halogens is 1. The van der Waals surface area contributed by atoms with Crippen molar-refractivity contribution in [2.24, 2.45) is 5.73 Å². The molecule has 0 unspecified atom stereocenters. The quantitative estimate of drug-likeness (QED) is 0.829. The van der Waals surface area contributed by atoms with Crippen LogP contribution in [0.15, 0.2) is 18.2 Å². The Morgan fingerprint density at radius 1 is 1.50 bits per heavy atom. The molecular formula is C10H13ClN2O. The molecule has 0 bridgehead atoms. The Kier molecular flexibility index (Phi) is 5.70. The van der Waals surface area contributed by atoms with Crippen LogP contribution in [-0.4, -0.2) is 13.2 Å². The number of nitrogens with zero attached hydrogens (tertiary/aromatic N) is 1. The Bertz CT molecular complexity index is 333. The van der Waals surface area contributed by atoms with E-state index in [9.17, 15) is 0 Å². The lowest BCUT2D eigenvalue weighted by atomic mass is 10.1. The predicted octanol–water partition coefficient (Wildman–Crippen LogP) is 1.63. The van der Waals surface area contributed by atoms with E-state index in [-0.39, 0.29) is 12.4 Å². The smallest absolute Gasteiger partial charge is 0.137 e. The van der Waals surface area contributed by atoms with Crippen molar-refractivity contribution in [2.45, 2.75) is 6.92 Å². The van der Waals surface area contributed by atoms with E-state index in [2.05, 4.69) is 6.07 Å². The third-order valence-electron chi connectivity index (χ3n) is 1.63. The van der Waals surface area contributed by atoms with Crippen LogP contribution in [0.2, 0.25) is 0 Å². The lowest BCUT2D eigenvalue weighted by molar-refractivity contribution is 0.327. The molecule has 0 radical (unpaired) electrons. The van der Waals surface area contributed by atoms with E-state index in [1.165, 1.54) is 0 Å². The van der Waals surface area contributed by atoms with Crippen molar-refractivity contribution in [3.05, 3.63) is 29.3 Å². The molecule has 1 rings (SSSR count). The van der Waals surface area contributed by atoms with Gasteiger partial charge in [0.25, 0.3) is 0 Å². The second-order valence-corrected chi connectivity index (χ2v) is 2.75. The Morgan fingerprint density at radius 2 is 2.21 bits per heavy atom. The molecule has 0 saturated carbocycles. The third-order valence-corrected chi connectivity index (χ3v) is 1.63. The van der Waals surface area contributed by atoms with Gasteiger partial charge in [0.05, 0.1) is 5.56 Å². The molecule has 0 fully saturated rings. The standard InChI is InChI=1S/C10H12N2O.ClH/c1-8-2-3-9(7-12)10(6-8)13-5-4-11;/h2-3,6H,4-5,11H2,1H3;1H. The number of benzene rings is 1. The fraction of sp³-hybridized carbons (Fsp3) is 0.300. The third kappa shape index (κ3) is 3.25. The largest absolute Gasteiger partial charge is 0.491 e. The van der Waals surface area contributed by atoms with E-state index in [4.69, 9.17) is 15.7 Å². The van der Waals surface area contributed by atoms with E-state index in [0.29, 0.717) is 24.5 Å². The molecule has 0 aliphatic heterocycles. The van der Waals surface area contributed by atoms with Gasteiger partial charge in [0.15, 0.2) is 0 Å². The average molecular weight is 213 g/mol. The number of nitriles is 1. The molecule has 0 amide bonds. The zero-order chi connectivity index (χ0) is 9.68. The number of aryl methyl sites for hydroxylation is 1. The molecule has 2 N–H and O–H groups in total. The molecule has 0 aliphatic carbocycles. The summed E-state index contributed by atoms with van der Waals surface area (Å²) >= 11 is 0. The van der Waals surface area contributed by atoms with Gasteiger partial charge in [-0.05, 0) is 24.6 Å². The normalized spacial score (nSPS) is 8.64. The van der Waals surface area contributed by atoms with Crippen LogP contribution >= 0.6 is 12.4 Å². The zero-order valence-corrected chi connectivity index (χ0v) is 8.80. The molecule has 0 saturated heterocycles. The summed E-state index contributed by atoms with van der Waals surface area (Å²) in [4.78, 5) is 0. The highest BCUT2D eigenvalue weighted by atomic mass is 35.5. The number of hydrogen-bond acceptors (Lipinski definition) is 3. The summed E-state index contributed by atoms with van der Waals surface area (Å²) in [7, 11) is 0. The topological polar surface area (TPSA) is 59.0 Å². The Balaban J connectivity index is 0.00000169. The van der Waals surface area contributed by atoms with Crippen molar-refractivity contribution in [1.29, 1.82) is 5.26 Å². The molecular weight excluding hydrogens is 200 g/mol. The number of ether oxygens (including phenoxy) is 1. The molecule has 1 aromatic carbocycles. The van der Waals surface area contributed by atoms with Crippen molar-refractivity contribution in [3.63, 3.8) is 0 Å². The molecule has 0 aliphatic rings. The second-order valence-electron chi connectivity index (χ2n) is 2.75. The van der Waals surface area contributed by atoms with Crippen LogP contribution in [-0.2, 0) is 0 Å². The Morgan fingerprint density at radius 3 is 2.79 bits per heavy atom. The lowest BCUT2D eigenvalue weighted by Crippen LogP contribution is -2.11. The van der Waals surface area contributed by atoms with Crippen LogP contribution in [0.25, 0.3) is 0 Å². The first-order valence-corrected chi connectivity index (χ1v) is 4.11. The summed E-state index contributed by atoms with van der Waals surface area (Å²) in [6.07, 6.45) is 0. The summed E-state index contributed by atoms with van der Waals surface area (Å²) in [6, 6.07) is 7.54. The zero-order valence-electron chi connectivity index (χ0n) is 7.99. The summed E-state index contributed by atoms with van der Waals surface area (Å²) < 4.78 is 5.31. The second kappa shape index (κ2) is 6.25. The van der Waals surface area contributed by atoms with Gasteiger partial charge in [-0.25, -0.2) is 0 Å². The summed E-state index contributed by atoms with van der Waals surface area (Å²) in [6.45, 7) is 2.85. The highest BCUT2D eigenvalue weighted by molar-refractivity contribution is 5.85. The molecule has 1 aromatic rings. The first-order valence-electron chi connectivity index (χ1n) is 4.11. The van der Waals surface area contributed by atoms with Crippen molar-refractivity contribution < 1.29 is 4.74 Å². The summed E-state index contributed by atoms with van der Waals surface area (Å²) in [5.41, 5.74) is 6.93. The van der Waals surface area contributed by atoms with E-state index < -0.39 is 0 Å². The maximum Gasteiger partial charge on any atom is 0.137 e. The first-order chi connectivity index (χ1) is 6.27. The van der Waals surface area contributed by atoms with Gasteiger partial charge in [-0.3, -0.25) is 0 Å². The maximum absolute atomic E-state index is 8.75. The van der Waals surface area contributed by atoms with Gasteiger partial charge in [0, 0.05) is 6.54 Å². The Hall–Kier alpha value is -1.24. The predicted molar refractivity (Wildman–Crippen MR) is 57.7 cm³/mol. The number of nitrogens with two attached hydrogens (primary N) is 1. The van der Waals surface area contributed by atoms with Gasteiger partial charge < -0.3 is 10.5 Å². The lowest BCUT2D eigenvalue weighted by Gasteiger charge is -2.06. The highest BCUT2D eigenvalue weighted by Gasteiger charge is 2.01. The fourth-order valence-electron chi connectivity index (χ4n) is 1.01. The van der Waals surface area contributed by atoms with Crippen LogP contribution in [0.5, 0.6) is 5.75 Å². The summed E-state index contributed by atoms with van der Waals surface area (Å²) in [5.74, 6) is 0.618. The number of rotatable bonds is 3. The van der Waals surface area contributed by atoms with Crippen LogP contribution < -0.4 is 10.5 Å². The van der Waals surface area contributed by atoms with Gasteiger partial charge in [0.1, 0.15) is 18.4 Å². The van der Waals surface area contributed by atoms with Gasteiger partial charge in [-0.1, -0.05) is 6.07 Å². The van der Waals surface area contributed by atoms with Crippen LogP contribution in [0.4, 0.5) is 0 Å². The molecule has 14 heavy (non-hydrogen) atoms. The highest BCUT2D eigenvalue weighted by Crippen LogP contribution is 2.18. The van der Waals surface area contributed by atoms with Gasteiger partial charge >= 0.3 is 0 Å². The van der Waals surface area contributed by atoms with Crippen LogP contribution in [0, 0.1) is 18.3 Å². The SMILES string of the molecule is Cc1ccc(C#N)c(OCCN)c1.Cl. The molecule has 76 valence electrons. The van der Waals surface area contributed by atoms with Crippen LogP contribution in [0.1, 0.15) is 11.1 Å². The van der Waals surface area contributed by atoms with Crippen molar-refractivity contribution in [2.75, 3.05) is 13.2 Å². The average Bonchev–Trinajstić information content (AvgIpc) is 2.15. The molecule has 0 heterocycles. The number of hydrogen-bond donors (Lipinski definition) is 1. The minimum Gasteiger partial charge on any atom is -0.491 e. The minimum atomic E-state index is 0. The Labute approximate surface area is 89.9 Å². The first kappa shape index (κ1) is 12.8. The van der Waals surface area contributed by atoms with E-state index >= 15 is 0 Å². The van der Waals surface area contributed by atoms with Crippen LogP contribution in [0.3, 0.4) is 0 Å². The summed E-state index contributed by atoms with van der Waals surface area (Å²) in [5, 5.41) is 8.75. The van der Waals surface area contributed by atoms with Gasteiger partial charge in [-0.2, -0.15) is 5.26 Å². The molecule has 3 nitrogen and oxygen atoms in total. The fourth-order valence-corrected chi connectivity index (χ4v) is 1.01. The van der Waals surface area contributed by atoms with E-state index in [1.807, 2.05) is 19.1 Å². The van der Waals surface area contributed by atoms with Gasteiger partial charge in [0.2, 0.25) is 0 Å². The molecule has 0 spiro atoms. The molecule has 0 aromatic heterocycles.